The predicted octanol–water partition coefficient (Wildman–Crippen LogP) is 1.91. The van der Waals surface area contributed by atoms with Gasteiger partial charge in [0, 0.05) is 31.2 Å². The second kappa shape index (κ2) is 6.41. The van der Waals surface area contributed by atoms with Crippen LogP contribution in [-0.4, -0.2) is 50.4 Å². The molecule has 0 aromatic heterocycles. The van der Waals surface area contributed by atoms with Crippen molar-refractivity contribution in [3.63, 3.8) is 0 Å². The number of morpholine rings is 1. The van der Waals surface area contributed by atoms with Gasteiger partial charge in [-0.15, -0.1) is 0 Å². The number of ether oxygens (including phenoxy) is 1. The van der Waals surface area contributed by atoms with E-state index in [1.807, 2.05) is 19.1 Å². The lowest BCUT2D eigenvalue weighted by molar-refractivity contribution is 0.0700. The van der Waals surface area contributed by atoms with E-state index in [2.05, 4.69) is 0 Å². The van der Waals surface area contributed by atoms with Crippen LogP contribution in [-0.2, 0) is 14.9 Å². The van der Waals surface area contributed by atoms with E-state index in [9.17, 15) is 8.42 Å². The second-order valence-electron chi connectivity index (χ2n) is 4.76. The predicted molar refractivity (Wildman–Crippen MR) is 78.9 cm³/mol. The molecule has 0 aliphatic carbocycles. The molecule has 5 nitrogen and oxygen atoms in total. The molecule has 0 unspecified atom stereocenters. The van der Waals surface area contributed by atoms with Crippen molar-refractivity contribution >= 4 is 21.8 Å². The van der Waals surface area contributed by atoms with Crippen LogP contribution < -0.4 is 0 Å². The molecule has 0 saturated carbocycles. The highest BCUT2D eigenvalue weighted by Gasteiger charge is 2.31. The summed E-state index contributed by atoms with van der Waals surface area (Å²) < 4.78 is 33.1. The van der Waals surface area contributed by atoms with Gasteiger partial charge in [-0.25, -0.2) is 0 Å². The molecule has 0 N–H and O–H groups in total. The van der Waals surface area contributed by atoms with Crippen LogP contribution in [0.4, 0.5) is 0 Å². The lowest BCUT2D eigenvalue weighted by atomic mass is 10.1. The van der Waals surface area contributed by atoms with Crippen molar-refractivity contribution in [3.8, 4) is 0 Å². The number of hydrogen-bond donors (Lipinski definition) is 0. The molecule has 1 fully saturated rings. The summed E-state index contributed by atoms with van der Waals surface area (Å²) >= 11 is 5.85. The molecule has 1 atom stereocenters. The lowest BCUT2D eigenvalue weighted by Gasteiger charge is -2.33. The topological polar surface area (TPSA) is 49.9 Å². The van der Waals surface area contributed by atoms with Crippen LogP contribution in [0.3, 0.4) is 0 Å². The zero-order valence-electron chi connectivity index (χ0n) is 11.6. The molecule has 1 heterocycles. The smallest absolute Gasteiger partial charge is 0.282 e. The number of benzene rings is 1. The molecule has 1 aromatic rings. The summed E-state index contributed by atoms with van der Waals surface area (Å²) in [7, 11) is -1.86. The molecular formula is C13H19ClN2O3S. The van der Waals surface area contributed by atoms with Crippen LogP contribution in [0, 0.1) is 0 Å². The van der Waals surface area contributed by atoms with E-state index >= 15 is 0 Å². The van der Waals surface area contributed by atoms with E-state index in [0.717, 1.165) is 5.56 Å². The zero-order valence-corrected chi connectivity index (χ0v) is 13.2. The summed E-state index contributed by atoms with van der Waals surface area (Å²) in [6.45, 7) is 3.56. The molecule has 2 rings (SSSR count). The molecule has 112 valence electrons. The number of nitrogens with zero attached hydrogens (tertiary/aromatic N) is 2. The number of hydrogen-bond acceptors (Lipinski definition) is 3. The molecule has 1 aliphatic rings. The van der Waals surface area contributed by atoms with Crippen LogP contribution in [0.15, 0.2) is 24.3 Å². The van der Waals surface area contributed by atoms with E-state index in [1.165, 1.54) is 8.61 Å². The molecule has 1 aliphatic heterocycles. The van der Waals surface area contributed by atoms with Gasteiger partial charge < -0.3 is 4.74 Å². The molecular weight excluding hydrogens is 300 g/mol. The standard InChI is InChI=1S/C13H19ClN2O3S/c1-11(12-3-5-13(14)6-4-12)15(2)20(17,18)16-7-9-19-10-8-16/h3-6,11H,7-10H2,1-2H3/t11-/m1/s1. The summed E-state index contributed by atoms with van der Waals surface area (Å²) in [5, 5.41) is 0.639. The highest BCUT2D eigenvalue weighted by Crippen LogP contribution is 2.24. The van der Waals surface area contributed by atoms with Gasteiger partial charge in [0.25, 0.3) is 10.2 Å². The van der Waals surface area contributed by atoms with Gasteiger partial charge in [-0.3, -0.25) is 0 Å². The molecule has 0 bridgehead atoms. The van der Waals surface area contributed by atoms with Gasteiger partial charge in [-0.05, 0) is 24.6 Å². The number of rotatable bonds is 4. The van der Waals surface area contributed by atoms with Gasteiger partial charge in [0.05, 0.1) is 13.2 Å². The van der Waals surface area contributed by atoms with Gasteiger partial charge >= 0.3 is 0 Å². The summed E-state index contributed by atoms with van der Waals surface area (Å²) in [6, 6.07) is 6.97. The third kappa shape index (κ3) is 3.32. The van der Waals surface area contributed by atoms with Gasteiger partial charge in [0.1, 0.15) is 0 Å². The average molecular weight is 319 g/mol. The summed E-state index contributed by atoms with van der Waals surface area (Å²) in [4.78, 5) is 0. The summed E-state index contributed by atoms with van der Waals surface area (Å²) in [5.41, 5.74) is 0.911. The number of halogens is 1. The van der Waals surface area contributed by atoms with Crippen molar-refractivity contribution in [1.82, 2.24) is 8.61 Å². The van der Waals surface area contributed by atoms with Crippen LogP contribution in [0.5, 0.6) is 0 Å². The maximum Gasteiger partial charge on any atom is 0.282 e. The Bertz CT molecular complexity index is 541. The summed E-state index contributed by atoms with van der Waals surface area (Å²) in [5.74, 6) is 0. The minimum Gasteiger partial charge on any atom is -0.379 e. The maximum atomic E-state index is 12.5. The Balaban J connectivity index is 2.16. The van der Waals surface area contributed by atoms with Crippen molar-refractivity contribution < 1.29 is 13.2 Å². The van der Waals surface area contributed by atoms with Crippen LogP contribution >= 0.6 is 11.6 Å². The first-order chi connectivity index (χ1) is 9.43. The Morgan fingerprint density at radius 2 is 1.80 bits per heavy atom. The van der Waals surface area contributed by atoms with Crippen molar-refractivity contribution in [3.05, 3.63) is 34.9 Å². The van der Waals surface area contributed by atoms with E-state index in [-0.39, 0.29) is 6.04 Å². The van der Waals surface area contributed by atoms with Crippen molar-refractivity contribution in [2.24, 2.45) is 0 Å². The van der Waals surface area contributed by atoms with Crippen molar-refractivity contribution in [2.75, 3.05) is 33.4 Å². The third-order valence-corrected chi connectivity index (χ3v) is 5.87. The van der Waals surface area contributed by atoms with Crippen LogP contribution in [0.2, 0.25) is 5.02 Å². The normalized spacial score (nSPS) is 19.2. The molecule has 0 radical (unpaired) electrons. The van der Waals surface area contributed by atoms with E-state index in [1.54, 1.807) is 19.2 Å². The summed E-state index contributed by atoms with van der Waals surface area (Å²) in [6.07, 6.45) is 0. The minimum absolute atomic E-state index is 0.250. The van der Waals surface area contributed by atoms with Crippen molar-refractivity contribution in [1.29, 1.82) is 0 Å². The zero-order chi connectivity index (χ0) is 14.8. The fourth-order valence-corrected chi connectivity index (χ4v) is 3.73. The first-order valence-electron chi connectivity index (χ1n) is 6.49. The largest absolute Gasteiger partial charge is 0.379 e. The Morgan fingerprint density at radius 1 is 1.25 bits per heavy atom. The van der Waals surface area contributed by atoms with Crippen LogP contribution in [0.25, 0.3) is 0 Å². The van der Waals surface area contributed by atoms with Gasteiger partial charge in [-0.2, -0.15) is 17.0 Å². The Kier molecular flexibility index (Phi) is 5.04. The first-order valence-corrected chi connectivity index (χ1v) is 8.27. The molecule has 1 saturated heterocycles. The van der Waals surface area contributed by atoms with Gasteiger partial charge in [-0.1, -0.05) is 23.7 Å². The third-order valence-electron chi connectivity index (χ3n) is 3.56. The minimum atomic E-state index is -3.47. The van der Waals surface area contributed by atoms with E-state index in [0.29, 0.717) is 31.3 Å². The monoisotopic (exact) mass is 318 g/mol. The van der Waals surface area contributed by atoms with E-state index < -0.39 is 10.2 Å². The molecule has 0 amide bonds. The highest BCUT2D eigenvalue weighted by molar-refractivity contribution is 7.86. The quantitative estimate of drug-likeness (QED) is 0.852. The molecule has 7 heteroatoms. The maximum absolute atomic E-state index is 12.5. The second-order valence-corrected chi connectivity index (χ2v) is 7.19. The van der Waals surface area contributed by atoms with Gasteiger partial charge in [0.15, 0.2) is 0 Å². The van der Waals surface area contributed by atoms with Gasteiger partial charge in [0.2, 0.25) is 0 Å². The van der Waals surface area contributed by atoms with Crippen LogP contribution in [0.1, 0.15) is 18.5 Å². The average Bonchev–Trinajstić information content (AvgIpc) is 2.47. The fourth-order valence-electron chi connectivity index (χ4n) is 2.11. The van der Waals surface area contributed by atoms with Crippen molar-refractivity contribution in [2.45, 2.75) is 13.0 Å². The Labute approximate surface area is 125 Å². The lowest BCUT2D eigenvalue weighted by Crippen LogP contribution is -2.47. The Hall–Kier alpha value is -0.660. The van der Waals surface area contributed by atoms with E-state index in [4.69, 9.17) is 16.3 Å². The fraction of sp³-hybridized carbons (Fsp3) is 0.538. The molecule has 0 spiro atoms. The first kappa shape index (κ1) is 15.7. The Morgan fingerprint density at radius 3 is 2.35 bits per heavy atom. The molecule has 20 heavy (non-hydrogen) atoms. The highest BCUT2D eigenvalue weighted by atomic mass is 35.5. The SMILES string of the molecule is C[C@H](c1ccc(Cl)cc1)N(C)S(=O)(=O)N1CCOCC1. The molecule has 1 aromatic carbocycles.